The van der Waals surface area contributed by atoms with Crippen molar-refractivity contribution >= 4 is 29.2 Å². The summed E-state index contributed by atoms with van der Waals surface area (Å²) < 4.78 is 0. The van der Waals surface area contributed by atoms with Gasteiger partial charge in [-0.25, -0.2) is 0 Å². The topological polar surface area (TPSA) is 101 Å². The van der Waals surface area contributed by atoms with E-state index in [4.69, 9.17) is 5.73 Å². The van der Waals surface area contributed by atoms with E-state index >= 15 is 0 Å². The Labute approximate surface area is 137 Å². The van der Waals surface area contributed by atoms with Gasteiger partial charge in [0.05, 0.1) is 0 Å². The number of nitrogen functional groups attached to an aromatic ring is 1. The van der Waals surface area contributed by atoms with Crippen molar-refractivity contribution < 1.29 is 0 Å². The number of hydrogen-bond donors (Lipinski definition) is 4. The minimum absolute atomic E-state index is 0.491. The van der Waals surface area contributed by atoms with Crippen LogP contribution in [0.15, 0.2) is 24.3 Å². The highest BCUT2D eigenvalue weighted by Gasteiger charge is 2.05. The molecule has 0 bridgehead atoms. The fraction of sp³-hybridized carbons (Fsp3) is 0.438. The minimum atomic E-state index is 0.491. The number of nitrogens with two attached hydrogens (primary N) is 1. The number of nitrogens with zero attached hydrogens (tertiary/aromatic N) is 3. The van der Waals surface area contributed by atoms with Crippen molar-refractivity contribution in [1.82, 2.24) is 15.0 Å². The number of nitrogens with one attached hydrogen (secondary N) is 3. The fourth-order valence-corrected chi connectivity index (χ4v) is 2.07. The van der Waals surface area contributed by atoms with Gasteiger partial charge in [-0.1, -0.05) is 26.2 Å². The Morgan fingerprint density at radius 1 is 0.913 bits per heavy atom. The molecule has 0 unspecified atom stereocenters. The van der Waals surface area contributed by atoms with Gasteiger partial charge in [-0.05, 0) is 30.7 Å². The van der Waals surface area contributed by atoms with Crippen molar-refractivity contribution in [3.63, 3.8) is 0 Å². The molecular weight excluding hydrogens is 290 g/mol. The Balaban J connectivity index is 2.01. The maximum Gasteiger partial charge on any atom is 0.233 e. The summed E-state index contributed by atoms with van der Waals surface area (Å²) in [5, 5.41) is 9.36. The van der Waals surface area contributed by atoms with Crippen molar-refractivity contribution in [2.24, 2.45) is 0 Å². The van der Waals surface area contributed by atoms with Gasteiger partial charge in [0, 0.05) is 25.0 Å². The molecule has 0 aliphatic heterocycles. The van der Waals surface area contributed by atoms with Crippen LogP contribution in [0.25, 0.3) is 0 Å². The Hall–Kier alpha value is -2.57. The van der Waals surface area contributed by atoms with Crippen molar-refractivity contribution in [2.75, 3.05) is 35.3 Å². The zero-order valence-corrected chi connectivity index (χ0v) is 13.8. The molecule has 124 valence electrons. The van der Waals surface area contributed by atoms with Crippen LogP contribution in [0.3, 0.4) is 0 Å². The summed E-state index contributed by atoms with van der Waals surface area (Å²) >= 11 is 0. The number of benzene rings is 1. The van der Waals surface area contributed by atoms with Crippen LogP contribution in [0.5, 0.6) is 0 Å². The van der Waals surface area contributed by atoms with Gasteiger partial charge in [0.1, 0.15) is 0 Å². The van der Waals surface area contributed by atoms with Gasteiger partial charge in [-0.3, -0.25) is 0 Å². The predicted octanol–water partition coefficient (Wildman–Crippen LogP) is 3.23. The number of anilines is 5. The summed E-state index contributed by atoms with van der Waals surface area (Å²) in [5.41, 5.74) is 7.29. The molecule has 7 heteroatoms. The molecular formula is C16H25N7. The van der Waals surface area contributed by atoms with E-state index < -0.39 is 0 Å². The lowest BCUT2D eigenvalue weighted by Crippen LogP contribution is -2.10. The lowest BCUT2D eigenvalue weighted by Gasteiger charge is -2.10. The van der Waals surface area contributed by atoms with Gasteiger partial charge < -0.3 is 21.7 Å². The largest absolute Gasteiger partial charge is 0.399 e. The zero-order valence-electron chi connectivity index (χ0n) is 13.8. The molecule has 0 saturated heterocycles. The SMILES string of the molecule is CCCCCCNc1nc(NC)nc(Nc2ccc(N)cc2)n1. The average Bonchev–Trinajstić information content (AvgIpc) is 2.56. The Kier molecular flexibility index (Phi) is 6.40. The number of hydrogen-bond acceptors (Lipinski definition) is 7. The van der Waals surface area contributed by atoms with Gasteiger partial charge in [-0.2, -0.15) is 15.0 Å². The van der Waals surface area contributed by atoms with E-state index in [0.717, 1.165) is 24.3 Å². The summed E-state index contributed by atoms with van der Waals surface area (Å²) in [6.07, 6.45) is 4.80. The first-order valence-corrected chi connectivity index (χ1v) is 8.01. The highest BCUT2D eigenvalue weighted by molar-refractivity contribution is 5.58. The first-order valence-electron chi connectivity index (χ1n) is 8.01. The molecule has 5 N–H and O–H groups in total. The molecule has 0 saturated carbocycles. The lowest BCUT2D eigenvalue weighted by molar-refractivity contribution is 0.683. The van der Waals surface area contributed by atoms with Crippen LogP contribution in [0, 0.1) is 0 Å². The molecule has 0 radical (unpaired) electrons. The Morgan fingerprint density at radius 2 is 1.61 bits per heavy atom. The monoisotopic (exact) mass is 315 g/mol. The second kappa shape index (κ2) is 8.77. The predicted molar refractivity (Wildman–Crippen MR) is 96.1 cm³/mol. The first kappa shape index (κ1) is 16.8. The fourth-order valence-electron chi connectivity index (χ4n) is 2.07. The molecule has 0 amide bonds. The van der Waals surface area contributed by atoms with Crippen molar-refractivity contribution in [1.29, 1.82) is 0 Å². The maximum absolute atomic E-state index is 5.69. The Morgan fingerprint density at radius 3 is 2.30 bits per heavy atom. The lowest BCUT2D eigenvalue weighted by atomic mass is 10.2. The summed E-state index contributed by atoms with van der Waals surface area (Å²) in [7, 11) is 1.79. The van der Waals surface area contributed by atoms with Crippen LogP contribution in [-0.2, 0) is 0 Å². The van der Waals surface area contributed by atoms with E-state index in [2.05, 4.69) is 37.8 Å². The van der Waals surface area contributed by atoms with Crippen LogP contribution < -0.4 is 21.7 Å². The van der Waals surface area contributed by atoms with Crippen molar-refractivity contribution in [3.8, 4) is 0 Å². The van der Waals surface area contributed by atoms with Crippen LogP contribution in [0.2, 0.25) is 0 Å². The first-order chi connectivity index (χ1) is 11.2. The second-order valence-electron chi connectivity index (χ2n) is 5.29. The van der Waals surface area contributed by atoms with Crippen molar-refractivity contribution in [3.05, 3.63) is 24.3 Å². The normalized spacial score (nSPS) is 10.3. The number of unbranched alkanes of at least 4 members (excludes halogenated alkanes) is 3. The molecule has 2 rings (SSSR count). The molecule has 1 aromatic carbocycles. The van der Waals surface area contributed by atoms with E-state index in [0.29, 0.717) is 17.8 Å². The molecule has 0 aliphatic rings. The average molecular weight is 315 g/mol. The third kappa shape index (κ3) is 5.61. The molecule has 0 fully saturated rings. The maximum atomic E-state index is 5.69. The molecule has 1 aromatic heterocycles. The van der Waals surface area contributed by atoms with Gasteiger partial charge in [0.25, 0.3) is 0 Å². The summed E-state index contributed by atoms with van der Waals surface area (Å²) in [6, 6.07) is 7.43. The van der Waals surface area contributed by atoms with Gasteiger partial charge in [0.2, 0.25) is 17.8 Å². The molecule has 1 heterocycles. The molecule has 7 nitrogen and oxygen atoms in total. The molecule has 2 aromatic rings. The van der Waals surface area contributed by atoms with Gasteiger partial charge in [-0.15, -0.1) is 0 Å². The van der Waals surface area contributed by atoms with Crippen LogP contribution in [0.1, 0.15) is 32.6 Å². The quantitative estimate of drug-likeness (QED) is 0.416. The van der Waals surface area contributed by atoms with E-state index in [-0.39, 0.29) is 0 Å². The van der Waals surface area contributed by atoms with E-state index in [9.17, 15) is 0 Å². The molecule has 0 aliphatic carbocycles. The van der Waals surface area contributed by atoms with Crippen LogP contribution >= 0.6 is 0 Å². The van der Waals surface area contributed by atoms with Crippen molar-refractivity contribution in [2.45, 2.75) is 32.6 Å². The van der Waals surface area contributed by atoms with E-state index in [1.165, 1.54) is 19.3 Å². The highest BCUT2D eigenvalue weighted by atomic mass is 15.3. The summed E-state index contributed by atoms with van der Waals surface area (Å²) in [4.78, 5) is 13.0. The second-order valence-corrected chi connectivity index (χ2v) is 5.29. The zero-order chi connectivity index (χ0) is 16.5. The van der Waals surface area contributed by atoms with Crippen LogP contribution in [-0.4, -0.2) is 28.5 Å². The Bertz CT molecular complexity index is 598. The van der Waals surface area contributed by atoms with Gasteiger partial charge in [0.15, 0.2) is 0 Å². The molecule has 0 atom stereocenters. The number of rotatable bonds is 9. The third-order valence-corrected chi connectivity index (χ3v) is 3.34. The molecule has 0 spiro atoms. The number of aromatic nitrogens is 3. The molecule has 23 heavy (non-hydrogen) atoms. The highest BCUT2D eigenvalue weighted by Crippen LogP contribution is 2.17. The summed E-state index contributed by atoms with van der Waals surface area (Å²) in [5.74, 6) is 1.58. The van der Waals surface area contributed by atoms with Gasteiger partial charge >= 0.3 is 0 Å². The van der Waals surface area contributed by atoms with E-state index in [1.54, 1.807) is 7.05 Å². The standard InChI is InChI=1S/C16H25N7/c1-3-4-5-6-11-19-15-21-14(18-2)22-16(23-15)20-13-9-7-12(17)8-10-13/h7-10H,3-6,11,17H2,1-2H3,(H3,18,19,20,21,22,23). The smallest absolute Gasteiger partial charge is 0.233 e. The summed E-state index contributed by atoms with van der Waals surface area (Å²) in [6.45, 7) is 3.06. The van der Waals surface area contributed by atoms with Crippen LogP contribution in [0.4, 0.5) is 29.2 Å². The van der Waals surface area contributed by atoms with E-state index in [1.807, 2.05) is 24.3 Å². The third-order valence-electron chi connectivity index (χ3n) is 3.34. The minimum Gasteiger partial charge on any atom is -0.399 e.